The summed E-state index contributed by atoms with van der Waals surface area (Å²) in [7, 11) is 2.82. The number of carboxylic acid groups (broad SMARTS) is 1. The van der Waals surface area contributed by atoms with Crippen molar-refractivity contribution >= 4 is 17.9 Å². The van der Waals surface area contributed by atoms with E-state index in [1.54, 1.807) is 0 Å². The van der Waals surface area contributed by atoms with Gasteiger partial charge in [-0.05, 0) is 6.92 Å². The first-order valence-corrected chi connectivity index (χ1v) is 5.49. The number of carbonyl (C=O) groups is 3. The topological polar surface area (TPSA) is 90.0 Å². The highest BCUT2D eigenvalue weighted by molar-refractivity contribution is 5.87. The maximum absolute atomic E-state index is 12.3. The van der Waals surface area contributed by atoms with E-state index in [9.17, 15) is 27.6 Å². The van der Waals surface area contributed by atoms with Gasteiger partial charge in [0, 0.05) is 14.1 Å². The third-order valence-corrected chi connectivity index (χ3v) is 2.13. The number of nitrogens with one attached hydrogen (secondary N) is 1. The molecule has 0 aromatic rings. The number of hydrogen-bond acceptors (Lipinski definition) is 3. The second-order valence-electron chi connectivity index (χ2n) is 4.27. The molecule has 7 nitrogen and oxygen atoms in total. The molecular formula is C10H16F3N3O4. The molecule has 0 saturated carbocycles. The Hall–Kier alpha value is -2.00. The number of rotatable bonds is 5. The Bertz CT molecular complexity index is 384. The van der Waals surface area contributed by atoms with Gasteiger partial charge >= 0.3 is 18.2 Å². The number of halogens is 3. The van der Waals surface area contributed by atoms with Crippen molar-refractivity contribution in [3.63, 3.8) is 0 Å². The molecule has 3 amide bonds. The lowest BCUT2D eigenvalue weighted by atomic mass is 10.3. The molecule has 0 aliphatic heterocycles. The van der Waals surface area contributed by atoms with Crippen LogP contribution in [0, 0.1) is 0 Å². The van der Waals surface area contributed by atoms with Crippen LogP contribution in [-0.4, -0.2) is 72.2 Å². The largest absolute Gasteiger partial charge is 0.480 e. The minimum atomic E-state index is -4.73. The molecule has 2 N–H and O–H groups in total. The lowest BCUT2D eigenvalue weighted by Gasteiger charge is -2.25. The Balaban J connectivity index is 4.79. The summed E-state index contributed by atoms with van der Waals surface area (Å²) in [5, 5.41) is 10.5. The Morgan fingerprint density at radius 1 is 1.25 bits per heavy atom. The van der Waals surface area contributed by atoms with Crippen LogP contribution in [0.2, 0.25) is 0 Å². The molecule has 0 saturated heterocycles. The number of nitrogens with zero attached hydrogens (tertiary/aromatic N) is 2. The Morgan fingerprint density at radius 3 is 2.10 bits per heavy atom. The van der Waals surface area contributed by atoms with Crippen molar-refractivity contribution in [1.29, 1.82) is 0 Å². The number of carboxylic acids is 1. The van der Waals surface area contributed by atoms with Crippen LogP contribution in [0.25, 0.3) is 0 Å². The molecule has 0 heterocycles. The van der Waals surface area contributed by atoms with E-state index >= 15 is 0 Å². The van der Waals surface area contributed by atoms with E-state index in [2.05, 4.69) is 0 Å². The summed E-state index contributed by atoms with van der Waals surface area (Å²) >= 11 is 0. The number of likely N-dealkylation sites (N-methyl/N-ethyl adjacent to an activating group) is 1. The monoisotopic (exact) mass is 299 g/mol. The lowest BCUT2D eigenvalue weighted by molar-refractivity contribution is -0.149. The van der Waals surface area contributed by atoms with Gasteiger partial charge in [0.2, 0.25) is 5.91 Å². The van der Waals surface area contributed by atoms with Crippen LogP contribution in [-0.2, 0) is 9.59 Å². The van der Waals surface area contributed by atoms with Gasteiger partial charge in [-0.3, -0.25) is 9.59 Å². The molecule has 1 atom stereocenters. The summed E-state index contributed by atoms with van der Waals surface area (Å²) < 4.78 is 36.8. The molecule has 0 aliphatic rings. The molecular weight excluding hydrogens is 283 g/mol. The highest BCUT2D eigenvalue weighted by Crippen LogP contribution is 2.16. The van der Waals surface area contributed by atoms with Crippen molar-refractivity contribution in [2.24, 2.45) is 0 Å². The summed E-state index contributed by atoms with van der Waals surface area (Å²) in [5.41, 5.74) is 0. The van der Waals surface area contributed by atoms with Gasteiger partial charge in [0.1, 0.15) is 19.1 Å². The normalized spacial score (nSPS) is 12.5. The average Bonchev–Trinajstić information content (AvgIpc) is 2.24. The predicted molar refractivity (Wildman–Crippen MR) is 62.0 cm³/mol. The number of carbonyl (C=O) groups excluding carboxylic acids is 2. The molecule has 10 heteroatoms. The van der Waals surface area contributed by atoms with E-state index in [1.807, 2.05) is 5.32 Å². The van der Waals surface area contributed by atoms with Crippen LogP contribution in [0.3, 0.4) is 0 Å². The van der Waals surface area contributed by atoms with Gasteiger partial charge in [0.05, 0.1) is 0 Å². The number of aliphatic carboxylic acids is 1. The molecule has 0 fully saturated rings. The standard InChI is InChI=1S/C10H16F3N3O4/c1-6(8(19)15(2)3)14-9(20)16(4-7(17)18)5-10(11,12)13/h6H,4-5H2,1-3H3,(H,14,20)(H,17,18). The van der Waals surface area contributed by atoms with Gasteiger partial charge in [0.15, 0.2) is 0 Å². The number of amides is 3. The fourth-order valence-corrected chi connectivity index (χ4v) is 1.30. The minimum absolute atomic E-state index is 0.0712. The predicted octanol–water partition coefficient (Wildman–Crippen LogP) is 0.122. The highest BCUT2D eigenvalue weighted by atomic mass is 19.4. The molecule has 0 aromatic heterocycles. The van der Waals surface area contributed by atoms with E-state index in [0.29, 0.717) is 0 Å². The highest BCUT2D eigenvalue weighted by Gasteiger charge is 2.34. The Kier molecular flexibility index (Phi) is 6.27. The van der Waals surface area contributed by atoms with E-state index in [-0.39, 0.29) is 4.90 Å². The second-order valence-corrected chi connectivity index (χ2v) is 4.27. The average molecular weight is 299 g/mol. The zero-order valence-electron chi connectivity index (χ0n) is 11.2. The molecule has 0 rings (SSSR count). The molecule has 0 aliphatic carbocycles. The fraction of sp³-hybridized carbons (Fsp3) is 0.700. The fourth-order valence-electron chi connectivity index (χ4n) is 1.30. The minimum Gasteiger partial charge on any atom is -0.480 e. The van der Waals surface area contributed by atoms with Gasteiger partial charge in [-0.15, -0.1) is 0 Å². The smallest absolute Gasteiger partial charge is 0.406 e. The summed E-state index contributed by atoms with van der Waals surface area (Å²) in [6, 6.07) is -2.34. The number of hydrogen-bond donors (Lipinski definition) is 2. The van der Waals surface area contributed by atoms with Crippen LogP contribution in [0.15, 0.2) is 0 Å². The Morgan fingerprint density at radius 2 is 1.75 bits per heavy atom. The first-order valence-electron chi connectivity index (χ1n) is 5.49. The van der Waals surface area contributed by atoms with Gasteiger partial charge in [-0.2, -0.15) is 13.2 Å². The van der Waals surface area contributed by atoms with Crippen LogP contribution < -0.4 is 5.32 Å². The zero-order chi connectivity index (χ0) is 16.1. The number of alkyl halides is 3. The second kappa shape index (κ2) is 6.96. The van der Waals surface area contributed by atoms with Crippen molar-refractivity contribution in [3.8, 4) is 0 Å². The molecule has 0 aromatic carbocycles. The summed E-state index contributed by atoms with van der Waals surface area (Å²) in [6.45, 7) is -1.55. The number of urea groups is 1. The molecule has 116 valence electrons. The van der Waals surface area contributed by atoms with Crippen molar-refractivity contribution in [2.75, 3.05) is 27.2 Å². The van der Waals surface area contributed by atoms with Crippen molar-refractivity contribution in [3.05, 3.63) is 0 Å². The van der Waals surface area contributed by atoms with E-state index < -0.39 is 43.2 Å². The summed E-state index contributed by atoms with van der Waals surface area (Å²) in [4.78, 5) is 34.7. The maximum atomic E-state index is 12.3. The van der Waals surface area contributed by atoms with Gasteiger partial charge in [-0.25, -0.2) is 4.79 Å². The van der Waals surface area contributed by atoms with Crippen molar-refractivity contribution in [1.82, 2.24) is 15.1 Å². The maximum Gasteiger partial charge on any atom is 0.406 e. The van der Waals surface area contributed by atoms with Crippen molar-refractivity contribution in [2.45, 2.75) is 19.1 Å². The first-order chi connectivity index (χ1) is 8.94. The van der Waals surface area contributed by atoms with E-state index in [1.165, 1.54) is 21.0 Å². The SMILES string of the molecule is CC(NC(=O)N(CC(=O)O)CC(F)(F)F)C(=O)N(C)C. The molecule has 0 radical (unpaired) electrons. The van der Waals surface area contributed by atoms with E-state index in [0.717, 1.165) is 4.90 Å². The van der Waals surface area contributed by atoms with Crippen LogP contribution in [0.4, 0.5) is 18.0 Å². The third-order valence-electron chi connectivity index (χ3n) is 2.13. The van der Waals surface area contributed by atoms with E-state index in [4.69, 9.17) is 5.11 Å². The molecule has 0 bridgehead atoms. The first kappa shape index (κ1) is 18.0. The molecule has 0 spiro atoms. The molecule has 1 unspecified atom stereocenters. The lowest BCUT2D eigenvalue weighted by Crippen LogP contribution is -2.52. The Labute approximate surface area is 113 Å². The van der Waals surface area contributed by atoms with Gasteiger partial charge in [0.25, 0.3) is 0 Å². The van der Waals surface area contributed by atoms with Crippen LogP contribution in [0.1, 0.15) is 6.92 Å². The van der Waals surface area contributed by atoms with Crippen LogP contribution >= 0.6 is 0 Å². The van der Waals surface area contributed by atoms with Gasteiger partial charge in [-0.1, -0.05) is 0 Å². The van der Waals surface area contributed by atoms with Crippen LogP contribution in [0.5, 0.6) is 0 Å². The molecule has 20 heavy (non-hydrogen) atoms. The van der Waals surface area contributed by atoms with Gasteiger partial charge < -0.3 is 20.2 Å². The van der Waals surface area contributed by atoms with Crippen molar-refractivity contribution < 1.29 is 32.7 Å². The quantitative estimate of drug-likeness (QED) is 0.754. The third kappa shape index (κ3) is 6.81. The summed E-state index contributed by atoms with van der Waals surface area (Å²) in [5.74, 6) is -2.11. The summed E-state index contributed by atoms with van der Waals surface area (Å²) in [6.07, 6.45) is -4.73. The zero-order valence-corrected chi connectivity index (χ0v) is 11.2.